The Balaban J connectivity index is 1.39. The number of hydrogen-bond acceptors (Lipinski definition) is 2. The summed E-state index contributed by atoms with van der Waals surface area (Å²) in [5, 5.41) is 4.55. The third kappa shape index (κ3) is 4.36. The third-order valence-corrected chi connectivity index (χ3v) is 6.48. The van der Waals surface area contributed by atoms with Crippen LogP contribution in [-0.4, -0.2) is 72.9 Å². The molecule has 2 aromatic rings. The van der Waals surface area contributed by atoms with E-state index in [2.05, 4.69) is 5.10 Å². The maximum absolute atomic E-state index is 13.2. The van der Waals surface area contributed by atoms with Crippen LogP contribution in [0.15, 0.2) is 24.3 Å². The second-order valence-corrected chi connectivity index (χ2v) is 8.43. The predicted molar refractivity (Wildman–Crippen MR) is 109 cm³/mol. The van der Waals surface area contributed by atoms with E-state index in [1.165, 1.54) is 51.2 Å². The van der Waals surface area contributed by atoms with E-state index in [9.17, 15) is 9.18 Å². The van der Waals surface area contributed by atoms with E-state index in [1.54, 1.807) is 26.6 Å². The Bertz CT molecular complexity index is 849. The monoisotopic (exact) mass is 401 g/mol. The fraction of sp³-hybridized carbons (Fsp3) is 0.545. The highest BCUT2D eigenvalue weighted by Crippen LogP contribution is 2.20. The summed E-state index contributed by atoms with van der Waals surface area (Å²) >= 11 is 0. The molecule has 2 fully saturated rings. The summed E-state index contributed by atoms with van der Waals surface area (Å²) in [6.07, 6.45) is 2.74. The number of nitrogens with zero attached hydrogens (tertiary/aromatic N) is 3. The SMILES string of the molecule is Cc1nn(-c2ccc(F)cc2)c(C)c1C(=O)N1CC[NH+](CC[NH+]2CCCC2)CC1. The molecule has 0 spiro atoms. The quantitative estimate of drug-likeness (QED) is 0.720. The number of quaternary nitrogens is 2. The van der Waals surface area contributed by atoms with Crippen LogP contribution in [0, 0.1) is 19.7 Å². The maximum atomic E-state index is 13.2. The number of benzene rings is 1. The molecule has 156 valence electrons. The molecule has 2 aliphatic rings. The molecule has 1 aromatic carbocycles. The zero-order valence-corrected chi connectivity index (χ0v) is 17.5. The number of carbonyl (C=O) groups is 1. The fourth-order valence-corrected chi connectivity index (χ4v) is 4.70. The number of amides is 1. The molecule has 0 radical (unpaired) electrons. The minimum atomic E-state index is -0.279. The van der Waals surface area contributed by atoms with Gasteiger partial charge in [0, 0.05) is 12.8 Å². The first-order valence-corrected chi connectivity index (χ1v) is 10.8. The van der Waals surface area contributed by atoms with Gasteiger partial charge in [0.2, 0.25) is 0 Å². The fourth-order valence-electron chi connectivity index (χ4n) is 4.70. The Labute approximate surface area is 171 Å². The van der Waals surface area contributed by atoms with Gasteiger partial charge in [0.05, 0.1) is 61.9 Å². The number of nitrogens with one attached hydrogen (secondary N) is 2. The minimum Gasteiger partial charge on any atom is -0.330 e. The number of rotatable bonds is 5. The summed E-state index contributed by atoms with van der Waals surface area (Å²) in [6.45, 7) is 12.5. The van der Waals surface area contributed by atoms with Crippen molar-refractivity contribution in [1.29, 1.82) is 0 Å². The first-order valence-electron chi connectivity index (χ1n) is 10.8. The summed E-state index contributed by atoms with van der Waals surface area (Å²) in [4.78, 5) is 18.5. The number of likely N-dealkylation sites (tertiary alicyclic amines) is 1. The molecule has 29 heavy (non-hydrogen) atoms. The van der Waals surface area contributed by atoms with E-state index in [0.29, 0.717) is 5.56 Å². The van der Waals surface area contributed by atoms with Gasteiger partial charge in [0.25, 0.3) is 5.91 Å². The van der Waals surface area contributed by atoms with E-state index in [-0.39, 0.29) is 11.7 Å². The molecule has 0 saturated carbocycles. The molecule has 2 N–H and O–H groups in total. The molecule has 4 rings (SSSR count). The number of halogens is 1. The average molecular weight is 402 g/mol. The van der Waals surface area contributed by atoms with Crippen molar-refractivity contribution in [3.8, 4) is 5.69 Å². The summed E-state index contributed by atoms with van der Waals surface area (Å²) in [5.41, 5.74) is 2.99. The van der Waals surface area contributed by atoms with Gasteiger partial charge >= 0.3 is 0 Å². The Kier molecular flexibility index (Phi) is 5.96. The Morgan fingerprint density at radius 3 is 2.21 bits per heavy atom. The van der Waals surface area contributed by atoms with Crippen molar-refractivity contribution in [2.24, 2.45) is 0 Å². The summed E-state index contributed by atoms with van der Waals surface area (Å²) < 4.78 is 15.0. The van der Waals surface area contributed by atoms with Crippen molar-refractivity contribution < 1.29 is 19.0 Å². The molecule has 2 aliphatic heterocycles. The molecule has 0 bridgehead atoms. The summed E-state index contributed by atoms with van der Waals surface area (Å²) in [6, 6.07) is 6.21. The lowest BCUT2D eigenvalue weighted by Crippen LogP contribution is -3.21. The first-order chi connectivity index (χ1) is 14.0. The van der Waals surface area contributed by atoms with Crippen LogP contribution in [0.25, 0.3) is 5.69 Å². The van der Waals surface area contributed by atoms with E-state index in [4.69, 9.17) is 0 Å². The molecule has 0 atom stereocenters. The molecule has 0 unspecified atom stereocenters. The van der Waals surface area contributed by atoms with Crippen LogP contribution in [-0.2, 0) is 0 Å². The maximum Gasteiger partial charge on any atom is 0.258 e. The van der Waals surface area contributed by atoms with Crippen molar-refractivity contribution in [3.63, 3.8) is 0 Å². The van der Waals surface area contributed by atoms with Gasteiger partial charge < -0.3 is 14.7 Å². The van der Waals surface area contributed by atoms with Crippen LogP contribution < -0.4 is 9.80 Å². The summed E-state index contributed by atoms with van der Waals surface area (Å²) in [7, 11) is 0. The van der Waals surface area contributed by atoms with Crippen molar-refractivity contribution in [3.05, 3.63) is 47.0 Å². The second kappa shape index (κ2) is 8.63. The molecule has 1 aromatic heterocycles. The summed E-state index contributed by atoms with van der Waals surface area (Å²) in [5.74, 6) is -0.212. The van der Waals surface area contributed by atoms with E-state index in [0.717, 1.165) is 43.3 Å². The van der Waals surface area contributed by atoms with Gasteiger partial charge in [-0.15, -0.1) is 0 Å². The van der Waals surface area contributed by atoms with Crippen LogP contribution in [0.4, 0.5) is 4.39 Å². The number of carbonyl (C=O) groups excluding carboxylic acids is 1. The van der Waals surface area contributed by atoms with Crippen LogP contribution >= 0.6 is 0 Å². The standard InChI is InChI=1S/C22H30FN5O/c1-17-21(18(2)28(24-17)20-7-5-19(23)6-8-20)22(29)27-15-13-26(14-16-27)12-11-25-9-3-4-10-25/h5-8H,3-4,9-16H2,1-2H3/p+2. The lowest BCUT2D eigenvalue weighted by molar-refractivity contribution is -0.954. The van der Waals surface area contributed by atoms with E-state index in [1.807, 2.05) is 18.7 Å². The van der Waals surface area contributed by atoms with Gasteiger partial charge in [-0.05, 0) is 38.1 Å². The van der Waals surface area contributed by atoms with Crippen LogP contribution in [0.1, 0.15) is 34.6 Å². The highest BCUT2D eigenvalue weighted by atomic mass is 19.1. The molecule has 3 heterocycles. The minimum absolute atomic E-state index is 0.0672. The Morgan fingerprint density at radius 2 is 1.59 bits per heavy atom. The van der Waals surface area contributed by atoms with E-state index >= 15 is 0 Å². The molecule has 2 saturated heterocycles. The molecular formula is C22H32FN5O+2. The third-order valence-electron chi connectivity index (χ3n) is 6.48. The molecule has 7 heteroatoms. The lowest BCUT2D eigenvalue weighted by atomic mass is 10.1. The van der Waals surface area contributed by atoms with Crippen LogP contribution in [0.2, 0.25) is 0 Å². The van der Waals surface area contributed by atoms with Crippen molar-refractivity contribution in [1.82, 2.24) is 14.7 Å². The molecule has 6 nitrogen and oxygen atoms in total. The van der Waals surface area contributed by atoms with Gasteiger partial charge in [-0.1, -0.05) is 0 Å². The molecule has 0 aliphatic carbocycles. The topological polar surface area (TPSA) is 47.0 Å². The number of hydrogen-bond donors (Lipinski definition) is 2. The number of aromatic nitrogens is 2. The Hall–Kier alpha value is -2.25. The highest BCUT2D eigenvalue weighted by Gasteiger charge is 2.29. The van der Waals surface area contributed by atoms with Crippen molar-refractivity contribution in [2.45, 2.75) is 26.7 Å². The molecular weight excluding hydrogens is 369 g/mol. The highest BCUT2D eigenvalue weighted by molar-refractivity contribution is 5.96. The van der Waals surface area contributed by atoms with Gasteiger partial charge in [0.15, 0.2) is 0 Å². The van der Waals surface area contributed by atoms with Gasteiger partial charge in [0.1, 0.15) is 18.9 Å². The van der Waals surface area contributed by atoms with Gasteiger partial charge in [-0.25, -0.2) is 9.07 Å². The van der Waals surface area contributed by atoms with Crippen LogP contribution in [0.5, 0.6) is 0 Å². The number of aryl methyl sites for hydroxylation is 1. The lowest BCUT2D eigenvalue weighted by Gasteiger charge is -2.32. The first kappa shape index (κ1) is 20.0. The Morgan fingerprint density at radius 1 is 1.00 bits per heavy atom. The largest absolute Gasteiger partial charge is 0.330 e. The second-order valence-electron chi connectivity index (χ2n) is 8.43. The van der Waals surface area contributed by atoms with Gasteiger partial charge in [-0.2, -0.15) is 5.10 Å². The normalized spacial score (nSPS) is 18.5. The molecule has 1 amide bonds. The van der Waals surface area contributed by atoms with Crippen LogP contribution in [0.3, 0.4) is 0 Å². The van der Waals surface area contributed by atoms with E-state index < -0.39 is 0 Å². The smallest absolute Gasteiger partial charge is 0.258 e. The zero-order valence-electron chi connectivity index (χ0n) is 17.5. The van der Waals surface area contributed by atoms with Crippen molar-refractivity contribution in [2.75, 3.05) is 52.4 Å². The van der Waals surface area contributed by atoms with Gasteiger partial charge in [-0.3, -0.25) is 4.79 Å². The average Bonchev–Trinajstić information content (AvgIpc) is 3.35. The predicted octanol–water partition coefficient (Wildman–Crippen LogP) is -0.352. The number of piperazine rings is 1. The van der Waals surface area contributed by atoms with Crippen molar-refractivity contribution >= 4 is 5.91 Å². The zero-order chi connectivity index (χ0) is 20.4.